The van der Waals surface area contributed by atoms with Gasteiger partial charge in [0.1, 0.15) is 5.00 Å². The fraction of sp³-hybridized carbons (Fsp3) is 0.381. The van der Waals surface area contributed by atoms with E-state index in [2.05, 4.69) is 17.6 Å². The van der Waals surface area contributed by atoms with Gasteiger partial charge in [0, 0.05) is 16.9 Å². The van der Waals surface area contributed by atoms with Crippen LogP contribution in [0.25, 0.3) is 0 Å². The van der Waals surface area contributed by atoms with Gasteiger partial charge < -0.3 is 14.8 Å². The summed E-state index contributed by atoms with van der Waals surface area (Å²) >= 11 is 6.71. The molecule has 6 nitrogen and oxygen atoms in total. The van der Waals surface area contributed by atoms with E-state index >= 15 is 0 Å². The van der Waals surface area contributed by atoms with Crippen molar-refractivity contribution in [2.45, 2.75) is 45.8 Å². The molecular formula is C21H24N2O4S2. The number of amides is 1. The van der Waals surface area contributed by atoms with Crippen LogP contribution < -0.4 is 10.6 Å². The second-order valence-corrected chi connectivity index (χ2v) is 8.48. The number of carbonyl (C=O) groups is 2. The Labute approximate surface area is 179 Å². The number of esters is 1. The van der Waals surface area contributed by atoms with E-state index < -0.39 is 5.97 Å². The number of nitrogens with one attached hydrogen (secondary N) is 2. The SMILES string of the molecule is CCOC(=O)c1c(NC(=S)NC(=O)c2ccccc2)sc2c1C[C@@](C)(CC)OC2. The summed E-state index contributed by atoms with van der Waals surface area (Å²) in [5.41, 5.74) is 1.59. The number of hydrogen-bond donors (Lipinski definition) is 2. The van der Waals surface area contributed by atoms with E-state index in [1.165, 1.54) is 11.3 Å². The lowest BCUT2D eigenvalue weighted by Gasteiger charge is -2.33. The number of carbonyl (C=O) groups excluding carboxylic acids is 2. The maximum atomic E-state index is 12.7. The molecule has 1 aromatic heterocycles. The monoisotopic (exact) mass is 432 g/mol. The van der Waals surface area contributed by atoms with Gasteiger partial charge in [0.05, 0.1) is 24.4 Å². The van der Waals surface area contributed by atoms with Crippen LogP contribution in [0.5, 0.6) is 0 Å². The summed E-state index contributed by atoms with van der Waals surface area (Å²) < 4.78 is 11.3. The second-order valence-electron chi connectivity index (χ2n) is 6.97. The fourth-order valence-electron chi connectivity index (χ4n) is 3.11. The average Bonchev–Trinajstić information content (AvgIpc) is 3.05. The third-order valence-corrected chi connectivity index (χ3v) is 6.24. The topological polar surface area (TPSA) is 76.7 Å². The molecule has 1 aliphatic rings. The highest BCUT2D eigenvalue weighted by molar-refractivity contribution is 7.80. The maximum absolute atomic E-state index is 12.7. The van der Waals surface area contributed by atoms with Crippen molar-refractivity contribution in [3.05, 3.63) is 51.9 Å². The molecule has 1 amide bonds. The van der Waals surface area contributed by atoms with E-state index in [0.29, 0.717) is 29.2 Å². The number of hydrogen-bond acceptors (Lipinski definition) is 6. The number of fused-ring (bicyclic) bond motifs is 1. The van der Waals surface area contributed by atoms with E-state index in [1.807, 2.05) is 13.0 Å². The number of rotatable bonds is 5. The van der Waals surface area contributed by atoms with Crippen molar-refractivity contribution in [1.82, 2.24) is 5.32 Å². The molecule has 0 spiro atoms. The van der Waals surface area contributed by atoms with Gasteiger partial charge in [0.2, 0.25) is 0 Å². The van der Waals surface area contributed by atoms with E-state index in [9.17, 15) is 9.59 Å². The third-order valence-electron chi connectivity index (χ3n) is 4.91. The van der Waals surface area contributed by atoms with E-state index in [-0.39, 0.29) is 23.2 Å². The Bertz CT molecular complexity index is 926. The van der Waals surface area contributed by atoms with Gasteiger partial charge in [-0.2, -0.15) is 0 Å². The molecule has 1 aliphatic heterocycles. The van der Waals surface area contributed by atoms with Gasteiger partial charge in [-0.1, -0.05) is 25.1 Å². The number of thiocarbonyl (C=S) groups is 1. The number of benzene rings is 1. The highest BCUT2D eigenvalue weighted by Gasteiger charge is 2.36. The molecule has 2 aromatic rings. The second kappa shape index (κ2) is 9.02. The first-order chi connectivity index (χ1) is 13.9. The van der Waals surface area contributed by atoms with E-state index in [4.69, 9.17) is 21.7 Å². The molecule has 0 aliphatic carbocycles. The summed E-state index contributed by atoms with van der Waals surface area (Å²) in [5, 5.41) is 6.36. The van der Waals surface area contributed by atoms with Crippen molar-refractivity contribution >= 4 is 45.5 Å². The van der Waals surface area contributed by atoms with Crippen molar-refractivity contribution in [2.75, 3.05) is 11.9 Å². The standard InChI is InChI=1S/C21H24N2O4S2/c1-4-21(3)11-14-15(12-27-21)29-18(16(14)19(25)26-5-2)23-20(28)22-17(24)13-9-7-6-8-10-13/h6-10H,4-5,11-12H2,1-3H3,(H2,22,23,24,28)/t21-/m1/s1. The lowest BCUT2D eigenvalue weighted by Crippen LogP contribution is -2.35. The Hall–Kier alpha value is -2.29. The molecule has 0 radical (unpaired) electrons. The molecule has 1 aromatic carbocycles. The van der Waals surface area contributed by atoms with Crippen molar-refractivity contribution < 1.29 is 19.1 Å². The maximum Gasteiger partial charge on any atom is 0.341 e. The van der Waals surface area contributed by atoms with Crippen LogP contribution in [0, 0.1) is 0 Å². The lowest BCUT2D eigenvalue weighted by molar-refractivity contribution is -0.0548. The molecule has 0 bridgehead atoms. The van der Waals surface area contributed by atoms with E-state index in [1.54, 1.807) is 31.2 Å². The zero-order valence-electron chi connectivity index (χ0n) is 16.7. The molecule has 0 unspecified atom stereocenters. The van der Waals surface area contributed by atoms with Crippen molar-refractivity contribution in [3.8, 4) is 0 Å². The van der Waals surface area contributed by atoms with Gasteiger partial charge in [-0.05, 0) is 50.2 Å². The first-order valence-corrected chi connectivity index (χ1v) is 10.7. The molecule has 0 saturated heterocycles. The molecule has 2 heterocycles. The smallest absolute Gasteiger partial charge is 0.341 e. The molecule has 154 valence electrons. The summed E-state index contributed by atoms with van der Waals surface area (Å²) in [6.45, 7) is 6.59. The van der Waals surface area contributed by atoms with Gasteiger partial charge >= 0.3 is 5.97 Å². The Morgan fingerprint density at radius 2 is 2.00 bits per heavy atom. The average molecular weight is 433 g/mol. The highest BCUT2D eigenvalue weighted by Crippen LogP contribution is 2.41. The van der Waals surface area contributed by atoms with Crippen LogP contribution in [0.2, 0.25) is 0 Å². The predicted octanol–water partition coefficient (Wildman–Crippen LogP) is 4.29. The molecule has 3 rings (SSSR count). The fourth-order valence-corrected chi connectivity index (χ4v) is 4.50. The van der Waals surface area contributed by atoms with Gasteiger partial charge in [0.25, 0.3) is 5.91 Å². The van der Waals surface area contributed by atoms with Crippen LogP contribution in [0.15, 0.2) is 30.3 Å². The summed E-state index contributed by atoms with van der Waals surface area (Å²) in [5.74, 6) is -0.714. The zero-order valence-corrected chi connectivity index (χ0v) is 18.3. The number of thiophene rings is 1. The van der Waals surface area contributed by atoms with Crippen LogP contribution in [0.3, 0.4) is 0 Å². The first kappa shape index (κ1) is 21.4. The lowest BCUT2D eigenvalue weighted by atomic mass is 9.89. The number of anilines is 1. The predicted molar refractivity (Wildman–Crippen MR) is 118 cm³/mol. The van der Waals surface area contributed by atoms with Gasteiger partial charge in [0.15, 0.2) is 5.11 Å². The number of ether oxygens (including phenoxy) is 2. The summed E-state index contributed by atoms with van der Waals surface area (Å²) in [6, 6.07) is 8.80. The van der Waals surface area contributed by atoms with Gasteiger partial charge in [-0.25, -0.2) is 4.79 Å². The minimum Gasteiger partial charge on any atom is -0.462 e. The molecule has 0 saturated carbocycles. The summed E-state index contributed by atoms with van der Waals surface area (Å²) in [4.78, 5) is 26.0. The third kappa shape index (κ3) is 4.83. The molecule has 0 fully saturated rings. The van der Waals surface area contributed by atoms with Crippen LogP contribution in [-0.2, 0) is 22.5 Å². The van der Waals surface area contributed by atoms with Crippen LogP contribution in [-0.4, -0.2) is 29.2 Å². The normalized spacial score (nSPS) is 17.9. The van der Waals surface area contributed by atoms with Crippen LogP contribution in [0.4, 0.5) is 5.00 Å². The largest absolute Gasteiger partial charge is 0.462 e. The Morgan fingerprint density at radius 1 is 1.28 bits per heavy atom. The molecule has 1 atom stereocenters. The minimum absolute atomic E-state index is 0.127. The van der Waals surface area contributed by atoms with Crippen molar-refractivity contribution in [3.63, 3.8) is 0 Å². The summed E-state index contributed by atoms with van der Waals surface area (Å²) in [6.07, 6.45) is 1.45. The van der Waals surface area contributed by atoms with Gasteiger partial charge in [-0.3, -0.25) is 10.1 Å². The Kier molecular flexibility index (Phi) is 6.66. The first-order valence-electron chi connectivity index (χ1n) is 9.50. The quantitative estimate of drug-likeness (QED) is 0.542. The van der Waals surface area contributed by atoms with Crippen molar-refractivity contribution in [1.29, 1.82) is 0 Å². The van der Waals surface area contributed by atoms with Crippen molar-refractivity contribution in [2.24, 2.45) is 0 Å². The molecule has 2 N–H and O–H groups in total. The molecule has 29 heavy (non-hydrogen) atoms. The van der Waals surface area contributed by atoms with E-state index in [0.717, 1.165) is 16.9 Å². The van der Waals surface area contributed by atoms with Gasteiger partial charge in [-0.15, -0.1) is 11.3 Å². The Morgan fingerprint density at radius 3 is 2.66 bits per heavy atom. The highest BCUT2D eigenvalue weighted by atomic mass is 32.1. The summed E-state index contributed by atoms with van der Waals surface area (Å²) in [7, 11) is 0. The zero-order chi connectivity index (χ0) is 21.0. The molecule has 8 heteroatoms. The minimum atomic E-state index is -0.398. The van der Waals surface area contributed by atoms with Crippen LogP contribution in [0.1, 0.15) is 58.3 Å². The Balaban J connectivity index is 1.84. The van der Waals surface area contributed by atoms with Crippen LogP contribution >= 0.6 is 23.6 Å². The molecular weight excluding hydrogens is 408 g/mol.